The molecule has 0 saturated carbocycles. The summed E-state index contributed by atoms with van der Waals surface area (Å²) in [5.41, 5.74) is 3.57. The van der Waals surface area contributed by atoms with Crippen molar-refractivity contribution in [3.63, 3.8) is 0 Å². The van der Waals surface area contributed by atoms with Crippen LogP contribution in [-0.2, 0) is 22.0 Å². The van der Waals surface area contributed by atoms with Gasteiger partial charge in [-0.15, -0.1) is 0 Å². The van der Waals surface area contributed by atoms with E-state index in [4.69, 9.17) is 0 Å². The molecular formula is C18H24N2O2S. The number of aromatic nitrogens is 1. The number of nitrogens with one attached hydrogen (secondary N) is 1. The number of aryl methyl sites for hydroxylation is 2. The molecule has 1 aromatic heterocycles. The summed E-state index contributed by atoms with van der Waals surface area (Å²) in [4.78, 5) is 17.8. The molecular weight excluding hydrogens is 308 g/mol. The molecule has 124 valence electrons. The molecule has 0 spiro atoms. The number of hydrogen-bond donors (Lipinski definition) is 1. The second-order valence-corrected chi connectivity index (χ2v) is 8.34. The number of hydrogen-bond acceptors (Lipinski definition) is 2. The predicted molar refractivity (Wildman–Crippen MR) is 95.0 cm³/mol. The van der Waals surface area contributed by atoms with Crippen molar-refractivity contribution >= 4 is 27.6 Å². The smallest absolute Gasteiger partial charge is 0.223 e. The molecule has 1 saturated heterocycles. The zero-order chi connectivity index (χ0) is 16.6. The van der Waals surface area contributed by atoms with Crippen LogP contribution in [0.2, 0.25) is 0 Å². The minimum absolute atomic E-state index is 0.0577. The predicted octanol–water partition coefficient (Wildman–Crippen LogP) is 2.78. The summed E-state index contributed by atoms with van der Waals surface area (Å²) < 4.78 is 11.9. The van der Waals surface area contributed by atoms with E-state index < -0.39 is 10.8 Å². The standard InChI is InChI=1S/C18H24N2O2S/c1-12-5-4-6-16-15(11-19-18(12)16)7-8-17(21)20-9-10-23(22)14(3)13(20)2/h4-6,11,13-14,19H,7-10H2,1-3H3. The molecule has 0 aliphatic carbocycles. The van der Waals surface area contributed by atoms with E-state index in [-0.39, 0.29) is 17.2 Å². The molecule has 2 heterocycles. The number of amides is 1. The van der Waals surface area contributed by atoms with E-state index in [1.54, 1.807) is 0 Å². The summed E-state index contributed by atoms with van der Waals surface area (Å²) in [6, 6.07) is 6.31. The van der Waals surface area contributed by atoms with Crippen LogP contribution in [0.1, 0.15) is 31.4 Å². The van der Waals surface area contributed by atoms with Gasteiger partial charge in [-0.1, -0.05) is 18.2 Å². The molecule has 4 nitrogen and oxygen atoms in total. The topological polar surface area (TPSA) is 53.2 Å². The molecule has 1 aromatic carbocycles. The molecule has 3 rings (SSSR count). The molecule has 1 amide bonds. The quantitative estimate of drug-likeness (QED) is 0.940. The highest BCUT2D eigenvalue weighted by Crippen LogP contribution is 2.23. The zero-order valence-electron chi connectivity index (χ0n) is 14.0. The van der Waals surface area contributed by atoms with Gasteiger partial charge in [0, 0.05) is 52.7 Å². The fraction of sp³-hybridized carbons (Fsp3) is 0.500. The second kappa shape index (κ2) is 6.48. The number of rotatable bonds is 3. The Hall–Kier alpha value is -1.62. The minimum Gasteiger partial charge on any atom is -0.361 e. The first-order valence-corrected chi connectivity index (χ1v) is 9.59. The Bertz CT molecular complexity index is 753. The third-order valence-electron chi connectivity index (χ3n) is 5.06. The molecule has 1 aliphatic rings. The lowest BCUT2D eigenvalue weighted by molar-refractivity contribution is -0.133. The number of fused-ring (bicyclic) bond motifs is 1. The van der Waals surface area contributed by atoms with Crippen LogP contribution in [0.25, 0.3) is 10.9 Å². The van der Waals surface area contributed by atoms with Crippen molar-refractivity contribution in [1.82, 2.24) is 9.88 Å². The van der Waals surface area contributed by atoms with Crippen molar-refractivity contribution in [3.05, 3.63) is 35.5 Å². The number of nitrogens with zero attached hydrogens (tertiary/aromatic N) is 1. The maximum Gasteiger partial charge on any atom is 0.223 e. The van der Waals surface area contributed by atoms with Gasteiger partial charge in [0.05, 0.1) is 5.25 Å². The zero-order valence-corrected chi connectivity index (χ0v) is 14.8. The highest BCUT2D eigenvalue weighted by molar-refractivity contribution is 7.85. The molecule has 3 unspecified atom stereocenters. The van der Waals surface area contributed by atoms with Gasteiger partial charge in [0.15, 0.2) is 0 Å². The summed E-state index contributed by atoms with van der Waals surface area (Å²) in [6.45, 7) is 6.69. The van der Waals surface area contributed by atoms with E-state index in [0.717, 1.165) is 11.9 Å². The van der Waals surface area contributed by atoms with E-state index in [9.17, 15) is 9.00 Å². The van der Waals surface area contributed by atoms with Gasteiger partial charge < -0.3 is 9.88 Å². The van der Waals surface area contributed by atoms with Gasteiger partial charge in [-0.05, 0) is 38.3 Å². The average molecular weight is 332 g/mol. The van der Waals surface area contributed by atoms with Crippen LogP contribution in [0.5, 0.6) is 0 Å². The van der Waals surface area contributed by atoms with Gasteiger partial charge in [0.2, 0.25) is 5.91 Å². The van der Waals surface area contributed by atoms with E-state index in [1.807, 2.05) is 24.9 Å². The Morgan fingerprint density at radius 3 is 2.96 bits per heavy atom. The fourth-order valence-corrected chi connectivity index (χ4v) is 4.69. The molecule has 1 fully saturated rings. The number of para-hydroxylation sites is 1. The number of carbonyl (C=O) groups excluding carboxylic acids is 1. The monoisotopic (exact) mass is 332 g/mol. The summed E-state index contributed by atoms with van der Waals surface area (Å²) in [5.74, 6) is 0.770. The maximum absolute atomic E-state index is 12.6. The molecule has 23 heavy (non-hydrogen) atoms. The Labute approximate surface area is 139 Å². The van der Waals surface area contributed by atoms with E-state index in [0.29, 0.717) is 18.7 Å². The first kappa shape index (κ1) is 16.2. The maximum atomic E-state index is 12.6. The third kappa shape index (κ3) is 3.07. The van der Waals surface area contributed by atoms with E-state index in [1.165, 1.54) is 16.5 Å². The summed E-state index contributed by atoms with van der Waals surface area (Å²) in [7, 11) is -0.806. The molecule has 3 atom stereocenters. The number of H-pyrrole nitrogens is 1. The first-order chi connectivity index (χ1) is 11.0. The molecule has 5 heteroatoms. The SMILES string of the molecule is Cc1cccc2c(CCC(=O)N3CCS(=O)C(C)C3C)c[nH]c12. The van der Waals surface area contributed by atoms with Crippen molar-refractivity contribution < 1.29 is 9.00 Å². The van der Waals surface area contributed by atoms with Gasteiger partial charge in [0.1, 0.15) is 0 Å². The first-order valence-electron chi connectivity index (χ1n) is 8.21. The Morgan fingerprint density at radius 2 is 2.17 bits per heavy atom. The van der Waals surface area contributed by atoms with Crippen LogP contribution >= 0.6 is 0 Å². The van der Waals surface area contributed by atoms with Crippen molar-refractivity contribution in [2.75, 3.05) is 12.3 Å². The van der Waals surface area contributed by atoms with Crippen molar-refractivity contribution in [1.29, 1.82) is 0 Å². The highest BCUT2D eigenvalue weighted by Gasteiger charge is 2.32. The lowest BCUT2D eigenvalue weighted by Crippen LogP contribution is -2.52. The normalized spacial score (nSPS) is 25.0. The summed E-state index contributed by atoms with van der Waals surface area (Å²) in [5, 5.41) is 1.27. The van der Waals surface area contributed by atoms with Crippen molar-refractivity contribution in [3.8, 4) is 0 Å². The lowest BCUT2D eigenvalue weighted by Gasteiger charge is -2.37. The van der Waals surface area contributed by atoms with Gasteiger partial charge in [-0.2, -0.15) is 0 Å². The van der Waals surface area contributed by atoms with Gasteiger partial charge in [0.25, 0.3) is 0 Å². The number of aromatic amines is 1. The largest absolute Gasteiger partial charge is 0.361 e. The van der Waals surface area contributed by atoms with Gasteiger partial charge in [-0.25, -0.2) is 0 Å². The van der Waals surface area contributed by atoms with Crippen molar-refractivity contribution in [2.45, 2.75) is 44.9 Å². The fourth-order valence-electron chi connectivity index (χ4n) is 3.36. The number of benzene rings is 1. The average Bonchev–Trinajstić information content (AvgIpc) is 2.95. The second-order valence-electron chi connectivity index (χ2n) is 6.43. The molecule has 1 aliphatic heterocycles. The molecule has 1 N–H and O–H groups in total. The van der Waals surface area contributed by atoms with E-state index >= 15 is 0 Å². The number of carbonyl (C=O) groups is 1. The van der Waals surface area contributed by atoms with Crippen LogP contribution in [0, 0.1) is 6.92 Å². The Morgan fingerprint density at radius 1 is 1.39 bits per heavy atom. The van der Waals surface area contributed by atoms with Crippen LogP contribution in [-0.4, -0.2) is 43.6 Å². The molecule has 0 radical (unpaired) electrons. The Kier molecular flexibility index (Phi) is 4.57. The highest BCUT2D eigenvalue weighted by atomic mass is 32.2. The van der Waals surface area contributed by atoms with Gasteiger partial charge >= 0.3 is 0 Å². The summed E-state index contributed by atoms with van der Waals surface area (Å²) in [6.07, 6.45) is 3.26. The Balaban J connectivity index is 1.69. The van der Waals surface area contributed by atoms with E-state index in [2.05, 4.69) is 30.1 Å². The molecule has 0 bridgehead atoms. The molecule has 2 aromatic rings. The van der Waals surface area contributed by atoms with Gasteiger partial charge in [-0.3, -0.25) is 9.00 Å². The summed E-state index contributed by atoms with van der Waals surface area (Å²) >= 11 is 0. The van der Waals surface area contributed by atoms with Crippen molar-refractivity contribution in [2.24, 2.45) is 0 Å². The minimum atomic E-state index is -0.806. The van der Waals surface area contributed by atoms with Crippen LogP contribution in [0.15, 0.2) is 24.4 Å². The third-order valence-corrected chi connectivity index (χ3v) is 6.87. The van der Waals surface area contributed by atoms with Crippen LogP contribution < -0.4 is 0 Å². The lowest BCUT2D eigenvalue weighted by atomic mass is 10.1. The van der Waals surface area contributed by atoms with Crippen LogP contribution in [0.3, 0.4) is 0 Å². The van der Waals surface area contributed by atoms with Crippen LogP contribution in [0.4, 0.5) is 0 Å².